The van der Waals surface area contributed by atoms with E-state index in [0.717, 1.165) is 19.5 Å². The van der Waals surface area contributed by atoms with Gasteiger partial charge in [0.2, 0.25) is 5.91 Å². The summed E-state index contributed by atoms with van der Waals surface area (Å²) in [4.78, 5) is 14.2. The molecule has 1 heterocycles. The molecule has 1 aliphatic heterocycles. The Morgan fingerprint density at radius 1 is 1.42 bits per heavy atom. The van der Waals surface area contributed by atoms with Gasteiger partial charge in [-0.15, -0.1) is 12.4 Å². The molecule has 1 unspecified atom stereocenters. The first-order chi connectivity index (χ1) is 10.8. The molecule has 0 aliphatic carbocycles. The van der Waals surface area contributed by atoms with Gasteiger partial charge in [0, 0.05) is 24.8 Å². The lowest BCUT2D eigenvalue weighted by Crippen LogP contribution is -2.53. The standard InChI is InChI=1S/C16H23F2N3O2.ClH/c1-16(2)10-21(8-7-13(16)19)9-14(22)20-11-3-5-12(6-4-11)23-15(17)18;/h3-6,13,15H,7-10,19H2,1-2H3,(H,20,22);1H. The zero-order chi connectivity index (χ0) is 17.0. The maximum Gasteiger partial charge on any atom is 0.387 e. The van der Waals surface area contributed by atoms with E-state index in [0.29, 0.717) is 5.69 Å². The topological polar surface area (TPSA) is 67.6 Å². The largest absolute Gasteiger partial charge is 0.435 e. The summed E-state index contributed by atoms with van der Waals surface area (Å²) in [6.45, 7) is 3.18. The first kappa shape index (κ1) is 20.6. The average molecular weight is 364 g/mol. The van der Waals surface area contributed by atoms with Crippen molar-refractivity contribution < 1.29 is 18.3 Å². The fraction of sp³-hybridized carbons (Fsp3) is 0.562. The molecule has 3 N–H and O–H groups in total. The molecular weight excluding hydrogens is 340 g/mol. The van der Waals surface area contributed by atoms with Gasteiger partial charge < -0.3 is 15.8 Å². The maximum atomic E-state index is 12.1. The number of anilines is 1. The van der Waals surface area contributed by atoms with Crippen LogP contribution in [0.4, 0.5) is 14.5 Å². The van der Waals surface area contributed by atoms with Crippen molar-refractivity contribution in [2.24, 2.45) is 11.1 Å². The molecule has 5 nitrogen and oxygen atoms in total. The lowest BCUT2D eigenvalue weighted by Gasteiger charge is -2.42. The molecule has 2 rings (SSSR count). The van der Waals surface area contributed by atoms with E-state index in [1.807, 2.05) is 0 Å². The van der Waals surface area contributed by atoms with E-state index in [1.165, 1.54) is 24.3 Å². The van der Waals surface area contributed by atoms with E-state index in [1.54, 1.807) is 0 Å². The first-order valence-corrected chi connectivity index (χ1v) is 7.59. The number of carbonyl (C=O) groups excluding carboxylic acids is 1. The number of nitrogens with zero attached hydrogens (tertiary/aromatic N) is 1. The van der Waals surface area contributed by atoms with Gasteiger partial charge >= 0.3 is 6.61 Å². The number of carbonyl (C=O) groups is 1. The van der Waals surface area contributed by atoms with Gasteiger partial charge in [-0.25, -0.2) is 0 Å². The van der Waals surface area contributed by atoms with Crippen LogP contribution < -0.4 is 15.8 Å². The highest BCUT2D eigenvalue weighted by Crippen LogP contribution is 2.27. The molecular formula is C16H24ClF2N3O2. The molecule has 1 aromatic carbocycles. The molecule has 0 saturated carbocycles. The average Bonchev–Trinajstić information content (AvgIpc) is 2.44. The molecule has 1 saturated heterocycles. The Morgan fingerprint density at radius 3 is 2.58 bits per heavy atom. The van der Waals surface area contributed by atoms with Crippen LogP contribution in [0, 0.1) is 5.41 Å². The molecule has 0 aromatic heterocycles. The van der Waals surface area contributed by atoms with E-state index < -0.39 is 6.61 Å². The van der Waals surface area contributed by atoms with Gasteiger partial charge in [-0.05, 0) is 36.1 Å². The van der Waals surface area contributed by atoms with Crippen LogP contribution in [0.5, 0.6) is 5.75 Å². The minimum Gasteiger partial charge on any atom is -0.435 e. The predicted molar refractivity (Wildman–Crippen MR) is 91.8 cm³/mol. The number of halogens is 3. The molecule has 1 atom stereocenters. The number of nitrogens with one attached hydrogen (secondary N) is 1. The molecule has 8 heteroatoms. The summed E-state index contributed by atoms with van der Waals surface area (Å²) in [5.41, 5.74) is 6.61. The zero-order valence-electron chi connectivity index (χ0n) is 13.8. The van der Waals surface area contributed by atoms with Crippen molar-refractivity contribution >= 4 is 24.0 Å². The van der Waals surface area contributed by atoms with Crippen LogP contribution in [0.15, 0.2) is 24.3 Å². The molecule has 1 fully saturated rings. The maximum absolute atomic E-state index is 12.1. The number of nitrogens with two attached hydrogens (primary N) is 1. The van der Waals surface area contributed by atoms with Crippen molar-refractivity contribution in [1.82, 2.24) is 4.90 Å². The van der Waals surface area contributed by atoms with Crippen LogP contribution >= 0.6 is 12.4 Å². The summed E-state index contributed by atoms with van der Waals surface area (Å²) in [5, 5.41) is 2.75. The molecule has 0 bridgehead atoms. The van der Waals surface area contributed by atoms with E-state index in [-0.39, 0.29) is 42.1 Å². The first-order valence-electron chi connectivity index (χ1n) is 7.59. The van der Waals surface area contributed by atoms with Crippen LogP contribution in [0.1, 0.15) is 20.3 Å². The van der Waals surface area contributed by atoms with Gasteiger partial charge in [0.25, 0.3) is 0 Å². The highest BCUT2D eigenvalue weighted by molar-refractivity contribution is 5.92. The summed E-state index contributed by atoms with van der Waals surface area (Å²) >= 11 is 0. The second-order valence-electron chi connectivity index (χ2n) is 6.55. The van der Waals surface area contributed by atoms with Crippen molar-refractivity contribution in [3.05, 3.63) is 24.3 Å². The zero-order valence-corrected chi connectivity index (χ0v) is 14.6. The SMILES string of the molecule is CC1(C)CN(CC(=O)Nc2ccc(OC(F)F)cc2)CCC1N.Cl. The monoisotopic (exact) mass is 363 g/mol. The summed E-state index contributed by atoms with van der Waals surface area (Å²) in [5.74, 6) is -0.0800. The Bertz CT molecular complexity index is 541. The van der Waals surface area contributed by atoms with Crippen molar-refractivity contribution in [2.75, 3.05) is 25.0 Å². The second kappa shape index (κ2) is 8.60. The fourth-order valence-corrected chi connectivity index (χ4v) is 2.74. The molecule has 0 radical (unpaired) electrons. The number of ether oxygens (including phenoxy) is 1. The number of rotatable bonds is 5. The summed E-state index contributed by atoms with van der Waals surface area (Å²) in [6, 6.07) is 6.00. The van der Waals surface area contributed by atoms with Crippen molar-refractivity contribution in [3.63, 3.8) is 0 Å². The fourth-order valence-electron chi connectivity index (χ4n) is 2.74. The summed E-state index contributed by atoms with van der Waals surface area (Å²) in [6.07, 6.45) is 0.861. The van der Waals surface area contributed by atoms with Crippen LogP contribution in [-0.4, -0.2) is 43.1 Å². The highest BCUT2D eigenvalue weighted by atomic mass is 35.5. The molecule has 136 valence electrons. The van der Waals surface area contributed by atoms with Gasteiger partial charge in [0.1, 0.15) is 5.75 Å². The smallest absolute Gasteiger partial charge is 0.387 e. The van der Waals surface area contributed by atoms with Gasteiger partial charge in [-0.2, -0.15) is 8.78 Å². The van der Waals surface area contributed by atoms with Crippen molar-refractivity contribution in [2.45, 2.75) is 32.9 Å². The third-order valence-corrected chi connectivity index (χ3v) is 4.12. The normalized spacial score (nSPS) is 20.3. The molecule has 24 heavy (non-hydrogen) atoms. The molecule has 1 aliphatic rings. The Hall–Kier alpha value is -1.44. The summed E-state index contributed by atoms with van der Waals surface area (Å²) < 4.78 is 28.4. The van der Waals surface area contributed by atoms with Crippen LogP contribution in [0.3, 0.4) is 0 Å². The van der Waals surface area contributed by atoms with Gasteiger partial charge in [-0.1, -0.05) is 13.8 Å². The third kappa shape index (κ3) is 5.89. The second-order valence-corrected chi connectivity index (χ2v) is 6.55. The molecule has 0 spiro atoms. The quantitative estimate of drug-likeness (QED) is 0.844. The highest BCUT2D eigenvalue weighted by Gasteiger charge is 2.33. The van der Waals surface area contributed by atoms with Crippen LogP contribution in [0.25, 0.3) is 0 Å². The Balaban J connectivity index is 0.00000288. The Kier molecular flexibility index (Phi) is 7.38. The Labute approximate surface area is 146 Å². The van der Waals surface area contributed by atoms with E-state index in [2.05, 4.69) is 28.8 Å². The van der Waals surface area contributed by atoms with E-state index >= 15 is 0 Å². The summed E-state index contributed by atoms with van der Waals surface area (Å²) in [7, 11) is 0. The third-order valence-electron chi connectivity index (χ3n) is 4.12. The minimum atomic E-state index is -2.86. The molecule has 1 aromatic rings. The Morgan fingerprint density at radius 2 is 2.04 bits per heavy atom. The number of benzene rings is 1. The number of amides is 1. The molecule has 1 amide bonds. The number of likely N-dealkylation sites (tertiary alicyclic amines) is 1. The van der Waals surface area contributed by atoms with Gasteiger partial charge in [-0.3, -0.25) is 9.69 Å². The van der Waals surface area contributed by atoms with E-state index in [4.69, 9.17) is 5.73 Å². The minimum absolute atomic E-state index is 0. The number of hydrogen-bond donors (Lipinski definition) is 2. The van der Waals surface area contributed by atoms with E-state index in [9.17, 15) is 13.6 Å². The number of alkyl halides is 2. The lowest BCUT2D eigenvalue weighted by molar-refractivity contribution is -0.118. The van der Waals surface area contributed by atoms with Crippen LogP contribution in [-0.2, 0) is 4.79 Å². The lowest BCUT2D eigenvalue weighted by atomic mass is 9.80. The van der Waals surface area contributed by atoms with Gasteiger partial charge in [0.15, 0.2) is 0 Å². The van der Waals surface area contributed by atoms with Crippen molar-refractivity contribution in [1.29, 1.82) is 0 Å². The number of piperidine rings is 1. The predicted octanol–water partition coefficient (Wildman–Crippen LogP) is 2.71. The van der Waals surface area contributed by atoms with Crippen molar-refractivity contribution in [3.8, 4) is 5.75 Å². The number of hydrogen-bond acceptors (Lipinski definition) is 4. The van der Waals surface area contributed by atoms with Gasteiger partial charge in [0.05, 0.1) is 6.54 Å². The van der Waals surface area contributed by atoms with Crippen LogP contribution in [0.2, 0.25) is 0 Å².